The van der Waals surface area contributed by atoms with Crippen LogP contribution in [0.25, 0.3) is 0 Å². The van der Waals surface area contributed by atoms with E-state index in [-0.39, 0.29) is 0 Å². The number of piperidine rings is 1. The lowest BCUT2D eigenvalue weighted by molar-refractivity contribution is -0.359. The molecule has 4 nitrogen and oxygen atoms in total. The molecule has 10 heteroatoms. The molecule has 0 aromatic carbocycles. The molecular formula is C12H17F6NO3. The lowest BCUT2D eigenvalue weighted by Crippen LogP contribution is -2.64. The van der Waals surface area contributed by atoms with E-state index in [1.807, 2.05) is 0 Å². The molecule has 1 rings (SSSR count). The molecule has 130 valence electrons. The van der Waals surface area contributed by atoms with Crippen LogP contribution in [-0.2, 0) is 9.53 Å². The van der Waals surface area contributed by atoms with Crippen molar-refractivity contribution >= 4 is 5.97 Å². The highest BCUT2D eigenvalue weighted by Crippen LogP contribution is 2.45. The van der Waals surface area contributed by atoms with Crippen molar-refractivity contribution in [1.29, 1.82) is 0 Å². The first-order valence-corrected chi connectivity index (χ1v) is 6.53. The minimum atomic E-state index is -6.23. The van der Waals surface area contributed by atoms with Crippen LogP contribution in [-0.4, -0.2) is 47.7 Å². The van der Waals surface area contributed by atoms with Crippen LogP contribution in [0, 0.1) is 5.92 Å². The molecule has 0 aromatic rings. The van der Waals surface area contributed by atoms with E-state index in [1.54, 1.807) is 0 Å². The Morgan fingerprint density at radius 2 is 1.45 bits per heavy atom. The zero-order valence-corrected chi connectivity index (χ0v) is 11.9. The molecule has 0 aromatic heterocycles. The Balaban J connectivity index is 3.01. The first kappa shape index (κ1) is 19.0. The molecule has 1 aliphatic rings. The van der Waals surface area contributed by atoms with Gasteiger partial charge in [-0.25, -0.2) is 4.79 Å². The molecule has 0 saturated carbocycles. The van der Waals surface area contributed by atoms with Crippen molar-refractivity contribution in [2.24, 2.45) is 5.92 Å². The third-order valence-electron chi connectivity index (χ3n) is 3.79. The van der Waals surface area contributed by atoms with Gasteiger partial charge in [0.15, 0.2) is 0 Å². The van der Waals surface area contributed by atoms with E-state index < -0.39 is 35.4 Å². The van der Waals surface area contributed by atoms with Crippen LogP contribution >= 0.6 is 0 Å². The normalized spacial score (nSPS) is 19.1. The summed E-state index contributed by atoms with van der Waals surface area (Å²) in [4.78, 5) is 11.5. The summed E-state index contributed by atoms with van der Waals surface area (Å²) in [5.74, 6) is -3.17. The number of rotatable bonds is 3. The number of halogens is 6. The Bertz CT molecular complexity index is 398. The number of alkyl halides is 6. The predicted molar refractivity (Wildman–Crippen MR) is 62.8 cm³/mol. The van der Waals surface area contributed by atoms with Crippen LogP contribution < -0.4 is 5.32 Å². The van der Waals surface area contributed by atoms with Crippen LogP contribution in [0.15, 0.2) is 0 Å². The Hall–Kier alpha value is -1.03. The minimum Gasteiger partial charge on any atom is -0.457 e. The maximum Gasteiger partial charge on any atom is 0.437 e. The molecule has 1 fully saturated rings. The fourth-order valence-electron chi connectivity index (χ4n) is 2.31. The van der Waals surface area contributed by atoms with Gasteiger partial charge in [0.25, 0.3) is 0 Å². The molecule has 0 atom stereocenters. The molecule has 0 unspecified atom stereocenters. The molecule has 1 saturated heterocycles. The van der Waals surface area contributed by atoms with Gasteiger partial charge in [-0.3, -0.25) is 0 Å². The number of carbonyl (C=O) groups is 1. The van der Waals surface area contributed by atoms with E-state index in [0.29, 0.717) is 25.9 Å². The number of ether oxygens (including phenoxy) is 1. The largest absolute Gasteiger partial charge is 0.457 e. The Labute approximate surface area is 122 Å². The van der Waals surface area contributed by atoms with Gasteiger partial charge in [-0.2, -0.15) is 26.3 Å². The molecule has 1 heterocycles. The number of carbonyl (C=O) groups excluding carboxylic acids is 1. The third-order valence-corrected chi connectivity index (χ3v) is 3.79. The highest BCUT2D eigenvalue weighted by molar-refractivity contribution is 5.82. The monoisotopic (exact) mass is 337 g/mol. The highest BCUT2D eigenvalue weighted by atomic mass is 19.4. The Morgan fingerprint density at radius 1 is 1.05 bits per heavy atom. The maximum atomic E-state index is 12.6. The molecule has 0 spiro atoms. The van der Waals surface area contributed by atoms with Crippen molar-refractivity contribution < 1.29 is 41.0 Å². The van der Waals surface area contributed by atoms with Gasteiger partial charge >= 0.3 is 23.9 Å². The molecule has 0 aliphatic carbocycles. The van der Waals surface area contributed by atoms with Crippen molar-refractivity contribution in [2.75, 3.05) is 13.1 Å². The molecule has 0 amide bonds. The molecule has 2 N–H and O–H groups in total. The first-order chi connectivity index (χ1) is 9.73. The van der Waals surface area contributed by atoms with Gasteiger partial charge < -0.3 is 15.2 Å². The molecule has 0 bridgehead atoms. The second-order valence-corrected chi connectivity index (χ2v) is 5.72. The van der Waals surface area contributed by atoms with Crippen molar-refractivity contribution in [3.05, 3.63) is 0 Å². The van der Waals surface area contributed by atoms with Gasteiger partial charge in [0.1, 0.15) is 5.60 Å². The van der Waals surface area contributed by atoms with Gasteiger partial charge in [-0.15, -0.1) is 0 Å². The van der Waals surface area contributed by atoms with E-state index in [2.05, 4.69) is 10.1 Å². The highest BCUT2D eigenvalue weighted by Gasteiger charge is 2.77. The SMILES string of the molecule is CC(C)(OC(=O)C(O)(C(F)(F)F)C(F)(F)F)C1CCNCC1. The van der Waals surface area contributed by atoms with Crippen LogP contribution in [0.1, 0.15) is 26.7 Å². The minimum absolute atomic E-state index is 0.414. The van der Waals surface area contributed by atoms with Crippen LogP contribution in [0.5, 0.6) is 0 Å². The topological polar surface area (TPSA) is 58.6 Å². The van der Waals surface area contributed by atoms with Gasteiger partial charge in [0.2, 0.25) is 0 Å². The van der Waals surface area contributed by atoms with Gasteiger partial charge in [-0.05, 0) is 39.8 Å². The molecular weight excluding hydrogens is 320 g/mol. The van der Waals surface area contributed by atoms with Crippen molar-refractivity contribution in [3.8, 4) is 0 Å². The number of esters is 1. The van der Waals surface area contributed by atoms with Gasteiger partial charge in [0, 0.05) is 5.92 Å². The second-order valence-electron chi connectivity index (χ2n) is 5.72. The standard InChI is InChI=1S/C12H17F6NO3/c1-9(2,7-3-5-19-6-4-7)22-8(20)10(21,11(13,14)15)12(16,17)18/h7,19,21H,3-6H2,1-2H3. The van der Waals surface area contributed by atoms with Crippen molar-refractivity contribution in [3.63, 3.8) is 0 Å². The fourth-order valence-corrected chi connectivity index (χ4v) is 2.31. The summed E-state index contributed by atoms with van der Waals surface area (Å²) in [6.07, 6.45) is -11.6. The van der Waals surface area contributed by atoms with E-state index in [1.165, 1.54) is 13.8 Å². The van der Waals surface area contributed by atoms with E-state index in [9.17, 15) is 31.1 Å². The average molecular weight is 337 g/mol. The quantitative estimate of drug-likeness (QED) is 0.612. The molecule has 0 radical (unpaired) electrons. The second kappa shape index (κ2) is 5.88. The summed E-state index contributed by atoms with van der Waals surface area (Å²) in [6.45, 7) is 3.48. The molecule has 1 aliphatic heterocycles. The third kappa shape index (κ3) is 3.48. The van der Waals surface area contributed by atoms with E-state index in [4.69, 9.17) is 5.11 Å². The zero-order valence-electron chi connectivity index (χ0n) is 11.9. The maximum absolute atomic E-state index is 12.6. The number of hydrogen-bond acceptors (Lipinski definition) is 4. The number of aliphatic hydroxyl groups is 1. The lowest BCUT2D eigenvalue weighted by atomic mass is 9.83. The van der Waals surface area contributed by atoms with Crippen LogP contribution in [0.3, 0.4) is 0 Å². The predicted octanol–water partition coefficient (Wildman–Crippen LogP) is 2.16. The smallest absolute Gasteiger partial charge is 0.437 e. The first-order valence-electron chi connectivity index (χ1n) is 6.53. The zero-order chi connectivity index (χ0) is 17.4. The average Bonchev–Trinajstić information content (AvgIpc) is 2.35. The van der Waals surface area contributed by atoms with Gasteiger partial charge in [-0.1, -0.05) is 0 Å². The summed E-state index contributed by atoms with van der Waals surface area (Å²) in [7, 11) is 0. The molecule has 22 heavy (non-hydrogen) atoms. The number of hydrogen-bond donors (Lipinski definition) is 2. The van der Waals surface area contributed by atoms with E-state index >= 15 is 0 Å². The fraction of sp³-hybridized carbons (Fsp3) is 0.917. The van der Waals surface area contributed by atoms with E-state index in [0.717, 1.165) is 0 Å². The summed E-state index contributed by atoms with van der Waals surface area (Å²) in [5, 5.41) is 11.9. The van der Waals surface area contributed by atoms with Crippen molar-refractivity contribution in [1.82, 2.24) is 5.32 Å². The Kier molecular flexibility index (Phi) is 5.08. The van der Waals surface area contributed by atoms with Gasteiger partial charge in [0.05, 0.1) is 0 Å². The summed E-state index contributed by atoms with van der Waals surface area (Å²) in [5.41, 5.74) is -7.10. The Morgan fingerprint density at radius 3 is 1.82 bits per heavy atom. The lowest BCUT2D eigenvalue weighted by Gasteiger charge is -2.39. The number of nitrogens with one attached hydrogen (secondary N) is 1. The summed E-state index contributed by atoms with van der Waals surface area (Å²) in [6, 6.07) is 0. The summed E-state index contributed by atoms with van der Waals surface area (Å²) >= 11 is 0. The summed E-state index contributed by atoms with van der Waals surface area (Å²) < 4.78 is 80.0. The van der Waals surface area contributed by atoms with Crippen LogP contribution in [0.2, 0.25) is 0 Å². The van der Waals surface area contributed by atoms with Crippen molar-refractivity contribution in [2.45, 2.75) is 50.2 Å². The van der Waals surface area contributed by atoms with Crippen LogP contribution in [0.4, 0.5) is 26.3 Å².